The molecule has 1 heterocycles. The molecular weight excluding hydrogens is 202 g/mol. The number of rotatable bonds is 1. The Bertz CT molecular complexity index is 507. The fourth-order valence-corrected chi connectivity index (χ4v) is 1.26. The number of halogens is 2. The smallest absolute Gasteiger partial charge is 0.151 e. The normalized spacial score (nSPS) is 10.5. The Morgan fingerprint density at radius 1 is 1.13 bits per heavy atom. The van der Waals surface area contributed by atoms with Gasteiger partial charge in [-0.1, -0.05) is 0 Å². The van der Waals surface area contributed by atoms with E-state index in [0.717, 1.165) is 16.8 Å². The number of nitrogens with zero attached hydrogens (tertiary/aromatic N) is 2. The molecule has 0 unspecified atom stereocenters. The van der Waals surface area contributed by atoms with Crippen molar-refractivity contribution in [2.45, 2.75) is 0 Å². The summed E-state index contributed by atoms with van der Waals surface area (Å²) < 4.78 is 27.1. The predicted octanol–water partition coefficient (Wildman–Crippen LogP) is 1.31. The number of aromatic nitrogens is 2. The zero-order chi connectivity index (χ0) is 11.0. The molecule has 4 nitrogen and oxygen atoms in total. The summed E-state index contributed by atoms with van der Waals surface area (Å²) >= 11 is 0. The molecule has 1 aromatic carbocycles. The van der Waals surface area contributed by atoms with E-state index < -0.39 is 11.6 Å². The van der Waals surface area contributed by atoms with E-state index in [9.17, 15) is 8.78 Å². The van der Waals surface area contributed by atoms with Gasteiger partial charge in [-0.2, -0.15) is 0 Å². The molecule has 4 N–H and O–H groups in total. The van der Waals surface area contributed by atoms with Crippen molar-refractivity contribution in [3.63, 3.8) is 0 Å². The minimum Gasteiger partial charge on any atom is -0.384 e. The number of nitrogen functional groups attached to an aromatic ring is 2. The molecule has 0 bridgehead atoms. The van der Waals surface area contributed by atoms with Crippen molar-refractivity contribution in [3.8, 4) is 5.69 Å². The summed E-state index contributed by atoms with van der Waals surface area (Å²) in [5.41, 5.74) is 11.0. The fraction of sp³-hybridized carbons (Fsp3) is 0. The van der Waals surface area contributed by atoms with Gasteiger partial charge in [0.2, 0.25) is 0 Å². The highest BCUT2D eigenvalue weighted by atomic mass is 19.1. The minimum atomic E-state index is -0.746. The summed E-state index contributed by atoms with van der Waals surface area (Å²) in [6.45, 7) is 0. The van der Waals surface area contributed by atoms with Crippen LogP contribution in [0.3, 0.4) is 0 Å². The number of hydrogen-bond acceptors (Lipinski definition) is 3. The first-order chi connectivity index (χ1) is 7.08. The Kier molecular flexibility index (Phi) is 2.03. The Morgan fingerprint density at radius 2 is 1.87 bits per heavy atom. The van der Waals surface area contributed by atoms with Crippen LogP contribution in [0.15, 0.2) is 24.3 Å². The summed E-state index contributed by atoms with van der Waals surface area (Å²) in [6, 6.07) is 4.51. The molecule has 0 amide bonds. The van der Waals surface area contributed by atoms with Crippen molar-refractivity contribution in [1.82, 2.24) is 9.78 Å². The van der Waals surface area contributed by atoms with E-state index in [4.69, 9.17) is 11.5 Å². The van der Waals surface area contributed by atoms with Gasteiger partial charge < -0.3 is 11.5 Å². The van der Waals surface area contributed by atoms with Crippen LogP contribution in [-0.4, -0.2) is 9.78 Å². The molecule has 2 aromatic rings. The molecule has 2 rings (SSSR count). The molecule has 0 radical (unpaired) electrons. The molecule has 0 fully saturated rings. The molecule has 0 aliphatic heterocycles. The quantitative estimate of drug-likeness (QED) is 0.745. The van der Waals surface area contributed by atoms with Crippen molar-refractivity contribution >= 4 is 11.6 Å². The molecule has 0 atom stereocenters. The molecule has 0 saturated carbocycles. The van der Waals surface area contributed by atoms with Crippen LogP contribution >= 0.6 is 0 Å². The van der Waals surface area contributed by atoms with Crippen LogP contribution < -0.4 is 11.5 Å². The summed E-state index contributed by atoms with van der Waals surface area (Å²) in [6.07, 6.45) is 0. The maximum Gasteiger partial charge on any atom is 0.151 e. The Labute approximate surface area is 84.1 Å². The van der Waals surface area contributed by atoms with Crippen molar-refractivity contribution in [3.05, 3.63) is 35.9 Å². The Hall–Kier alpha value is -2.11. The van der Waals surface area contributed by atoms with Crippen LogP contribution in [0.5, 0.6) is 0 Å². The summed E-state index contributed by atoms with van der Waals surface area (Å²) in [5.74, 6) is -1.03. The second-order valence-electron chi connectivity index (χ2n) is 3.00. The highest BCUT2D eigenvalue weighted by Crippen LogP contribution is 2.19. The van der Waals surface area contributed by atoms with Gasteiger partial charge in [0.25, 0.3) is 0 Å². The summed E-state index contributed by atoms with van der Waals surface area (Å²) in [7, 11) is 0. The van der Waals surface area contributed by atoms with E-state index >= 15 is 0 Å². The first-order valence-corrected chi connectivity index (χ1v) is 4.14. The van der Waals surface area contributed by atoms with Gasteiger partial charge >= 0.3 is 0 Å². The van der Waals surface area contributed by atoms with Gasteiger partial charge in [-0.3, -0.25) is 0 Å². The monoisotopic (exact) mass is 210 g/mol. The molecule has 6 heteroatoms. The van der Waals surface area contributed by atoms with E-state index in [2.05, 4.69) is 5.10 Å². The maximum absolute atomic E-state index is 13.3. The largest absolute Gasteiger partial charge is 0.384 e. The zero-order valence-electron chi connectivity index (χ0n) is 7.61. The lowest BCUT2D eigenvalue weighted by atomic mass is 10.3. The molecule has 0 saturated heterocycles. The number of anilines is 2. The van der Waals surface area contributed by atoms with Crippen LogP contribution in [0, 0.1) is 11.6 Å². The number of hydrogen-bond donors (Lipinski definition) is 2. The maximum atomic E-state index is 13.3. The molecule has 1 aromatic heterocycles. The lowest BCUT2D eigenvalue weighted by Crippen LogP contribution is -2.04. The first kappa shape index (κ1) is 9.45. The Morgan fingerprint density at radius 3 is 2.40 bits per heavy atom. The third kappa shape index (κ3) is 1.61. The summed E-state index contributed by atoms with van der Waals surface area (Å²) in [5, 5.41) is 3.78. The lowest BCUT2D eigenvalue weighted by molar-refractivity contribution is 0.574. The van der Waals surface area contributed by atoms with Crippen LogP contribution in [-0.2, 0) is 0 Å². The van der Waals surface area contributed by atoms with Crippen LogP contribution in [0.2, 0.25) is 0 Å². The van der Waals surface area contributed by atoms with Gasteiger partial charge in [0.1, 0.15) is 23.1 Å². The van der Waals surface area contributed by atoms with E-state index in [0.29, 0.717) is 0 Å². The minimum absolute atomic E-state index is 0.0607. The molecule has 0 aliphatic rings. The van der Waals surface area contributed by atoms with Crippen molar-refractivity contribution in [1.29, 1.82) is 0 Å². The molecule has 0 spiro atoms. The van der Waals surface area contributed by atoms with Crippen LogP contribution in [0.4, 0.5) is 20.4 Å². The number of benzene rings is 1. The standard InChI is InChI=1S/C9H8F2N4/c10-5-1-2-7(6(11)3-5)15-9(13)4-8(12)14-15/h1-4H,13H2,(H2,12,14). The first-order valence-electron chi connectivity index (χ1n) is 4.14. The molecule has 15 heavy (non-hydrogen) atoms. The topological polar surface area (TPSA) is 69.9 Å². The average molecular weight is 210 g/mol. The molecule has 0 aliphatic carbocycles. The van der Waals surface area contributed by atoms with Gasteiger partial charge in [-0.25, -0.2) is 13.5 Å². The average Bonchev–Trinajstić information content (AvgIpc) is 2.45. The van der Waals surface area contributed by atoms with Gasteiger partial charge in [-0.15, -0.1) is 5.10 Å². The SMILES string of the molecule is Nc1cc(N)n(-c2ccc(F)cc2F)n1. The van der Waals surface area contributed by atoms with Gasteiger partial charge in [-0.05, 0) is 12.1 Å². The Balaban J connectivity index is 2.59. The van der Waals surface area contributed by atoms with Gasteiger partial charge in [0, 0.05) is 12.1 Å². The van der Waals surface area contributed by atoms with Crippen molar-refractivity contribution < 1.29 is 8.78 Å². The van der Waals surface area contributed by atoms with Gasteiger partial charge in [0.15, 0.2) is 5.82 Å². The third-order valence-electron chi connectivity index (χ3n) is 1.89. The zero-order valence-corrected chi connectivity index (χ0v) is 7.61. The second-order valence-corrected chi connectivity index (χ2v) is 3.00. The lowest BCUT2D eigenvalue weighted by Gasteiger charge is -2.04. The molecular formula is C9H8F2N4. The van der Waals surface area contributed by atoms with Gasteiger partial charge in [0.05, 0.1) is 0 Å². The fourth-order valence-electron chi connectivity index (χ4n) is 1.26. The highest BCUT2D eigenvalue weighted by Gasteiger charge is 2.10. The number of nitrogens with two attached hydrogens (primary N) is 2. The van der Waals surface area contributed by atoms with E-state index in [-0.39, 0.29) is 17.3 Å². The predicted molar refractivity (Wildman–Crippen MR) is 52.3 cm³/mol. The highest BCUT2D eigenvalue weighted by molar-refractivity contribution is 5.49. The van der Waals surface area contributed by atoms with Crippen LogP contribution in [0.1, 0.15) is 0 Å². The van der Waals surface area contributed by atoms with E-state index in [1.807, 2.05) is 0 Å². The van der Waals surface area contributed by atoms with Crippen LogP contribution in [0.25, 0.3) is 5.69 Å². The summed E-state index contributed by atoms with van der Waals surface area (Å²) in [4.78, 5) is 0. The third-order valence-corrected chi connectivity index (χ3v) is 1.89. The second kappa shape index (κ2) is 3.23. The van der Waals surface area contributed by atoms with E-state index in [1.165, 1.54) is 12.1 Å². The van der Waals surface area contributed by atoms with E-state index in [1.54, 1.807) is 0 Å². The van der Waals surface area contributed by atoms with Crippen molar-refractivity contribution in [2.75, 3.05) is 11.5 Å². The molecule has 78 valence electrons. The van der Waals surface area contributed by atoms with Crippen molar-refractivity contribution in [2.24, 2.45) is 0 Å².